The van der Waals surface area contributed by atoms with E-state index >= 15 is 0 Å². The van der Waals surface area contributed by atoms with Gasteiger partial charge in [0.25, 0.3) is 0 Å². The van der Waals surface area contributed by atoms with Crippen molar-refractivity contribution in [1.82, 2.24) is 0 Å². The molecule has 0 spiro atoms. The lowest BCUT2D eigenvalue weighted by atomic mass is 9.92. The Morgan fingerprint density at radius 2 is 1.43 bits per heavy atom. The minimum atomic E-state index is -0.161. The molecule has 0 N–H and O–H groups in total. The van der Waals surface area contributed by atoms with Crippen molar-refractivity contribution in [2.75, 3.05) is 0 Å². The van der Waals surface area contributed by atoms with E-state index < -0.39 is 0 Å². The van der Waals surface area contributed by atoms with Gasteiger partial charge in [0, 0.05) is 6.92 Å². The first kappa shape index (κ1) is 20.5. The molecule has 2 unspecified atom stereocenters. The Bertz CT molecular complexity index is 250. The Morgan fingerprint density at radius 1 is 0.857 bits per heavy atom. The maximum Gasteiger partial charge on any atom is 0.302 e. The summed E-state index contributed by atoms with van der Waals surface area (Å²) in [5.41, 5.74) is 0. The summed E-state index contributed by atoms with van der Waals surface area (Å²) in [6.45, 7) is 10.3. The molecule has 3 atom stereocenters. The molecule has 0 rings (SSSR count). The van der Waals surface area contributed by atoms with E-state index in [1.54, 1.807) is 0 Å². The first-order chi connectivity index (χ1) is 9.97. The van der Waals surface area contributed by atoms with Gasteiger partial charge in [0.05, 0.1) is 0 Å². The maximum absolute atomic E-state index is 10.9. The van der Waals surface area contributed by atoms with Crippen molar-refractivity contribution in [1.29, 1.82) is 0 Å². The normalized spacial score (nSPS) is 15.5. The van der Waals surface area contributed by atoms with E-state index in [0.29, 0.717) is 5.92 Å². The van der Waals surface area contributed by atoms with Crippen LogP contribution in [0.1, 0.15) is 98.8 Å². The van der Waals surface area contributed by atoms with Crippen LogP contribution in [0.15, 0.2) is 0 Å². The van der Waals surface area contributed by atoms with Gasteiger partial charge in [-0.2, -0.15) is 0 Å². The van der Waals surface area contributed by atoms with E-state index in [-0.39, 0.29) is 12.1 Å². The molecule has 21 heavy (non-hydrogen) atoms. The van der Waals surface area contributed by atoms with Gasteiger partial charge in [0.1, 0.15) is 6.10 Å². The van der Waals surface area contributed by atoms with E-state index in [0.717, 1.165) is 12.3 Å². The molecule has 0 aromatic rings. The van der Waals surface area contributed by atoms with Crippen LogP contribution >= 0.6 is 0 Å². The zero-order valence-electron chi connectivity index (χ0n) is 15.1. The molecule has 0 saturated heterocycles. The van der Waals surface area contributed by atoms with Gasteiger partial charge in [-0.05, 0) is 25.2 Å². The number of esters is 1. The molecule has 0 aromatic carbocycles. The van der Waals surface area contributed by atoms with Crippen LogP contribution in [0.25, 0.3) is 0 Å². The van der Waals surface area contributed by atoms with Gasteiger partial charge in [-0.15, -0.1) is 0 Å². The molecule has 0 heterocycles. The third kappa shape index (κ3) is 12.9. The quantitative estimate of drug-likeness (QED) is 0.302. The van der Waals surface area contributed by atoms with E-state index in [1.165, 1.54) is 64.7 Å². The molecule has 0 amide bonds. The Labute approximate surface area is 133 Å². The van der Waals surface area contributed by atoms with Crippen LogP contribution in [0, 0.1) is 11.8 Å². The molecular weight excluding hydrogens is 260 g/mol. The molecule has 126 valence electrons. The van der Waals surface area contributed by atoms with Gasteiger partial charge in [-0.25, -0.2) is 0 Å². The molecule has 2 nitrogen and oxygen atoms in total. The minimum absolute atomic E-state index is 0.0522. The number of unbranched alkanes of at least 4 members (excludes halogenated alkanes) is 5. The third-order valence-corrected chi connectivity index (χ3v) is 4.56. The van der Waals surface area contributed by atoms with Crippen LogP contribution in [0.4, 0.5) is 0 Å². The fourth-order valence-electron chi connectivity index (χ4n) is 2.82. The third-order valence-electron chi connectivity index (χ3n) is 4.56. The first-order valence-corrected chi connectivity index (χ1v) is 9.14. The van der Waals surface area contributed by atoms with Crippen molar-refractivity contribution in [3.8, 4) is 0 Å². The lowest BCUT2D eigenvalue weighted by Gasteiger charge is -2.20. The summed E-state index contributed by atoms with van der Waals surface area (Å²) >= 11 is 0. The maximum atomic E-state index is 10.9. The van der Waals surface area contributed by atoms with E-state index in [9.17, 15) is 4.79 Å². The lowest BCUT2D eigenvalue weighted by molar-refractivity contribution is -0.147. The predicted octanol–water partition coefficient (Wildman–Crippen LogP) is 6.13. The van der Waals surface area contributed by atoms with Gasteiger partial charge < -0.3 is 4.74 Å². The van der Waals surface area contributed by atoms with E-state index in [1.807, 2.05) is 6.92 Å². The zero-order valence-corrected chi connectivity index (χ0v) is 15.1. The second kappa shape index (κ2) is 13.2. The predicted molar refractivity (Wildman–Crippen MR) is 91.4 cm³/mol. The van der Waals surface area contributed by atoms with Crippen molar-refractivity contribution in [3.05, 3.63) is 0 Å². The SMILES string of the molecule is CCCCCCCC[C@H](C)CCCC(C)C(C)OC(C)=O. The summed E-state index contributed by atoms with van der Waals surface area (Å²) < 4.78 is 5.24. The van der Waals surface area contributed by atoms with Gasteiger partial charge in [0.2, 0.25) is 0 Å². The average Bonchev–Trinajstić information content (AvgIpc) is 2.41. The topological polar surface area (TPSA) is 26.3 Å². The van der Waals surface area contributed by atoms with E-state index in [4.69, 9.17) is 4.74 Å². The Morgan fingerprint density at radius 3 is 2.05 bits per heavy atom. The van der Waals surface area contributed by atoms with Crippen LogP contribution in [-0.2, 0) is 9.53 Å². The molecule has 0 radical (unpaired) electrons. The first-order valence-electron chi connectivity index (χ1n) is 9.14. The summed E-state index contributed by atoms with van der Waals surface area (Å²) in [6.07, 6.45) is 13.5. The smallest absolute Gasteiger partial charge is 0.302 e. The molecule has 0 aliphatic carbocycles. The number of carbonyl (C=O) groups excluding carboxylic acids is 1. The molecule has 0 saturated carbocycles. The van der Waals surface area contributed by atoms with Gasteiger partial charge in [0.15, 0.2) is 0 Å². The summed E-state index contributed by atoms with van der Waals surface area (Å²) in [5.74, 6) is 1.15. The van der Waals surface area contributed by atoms with Crippen LogP contribution < -0.4 is 0 Å². The van der Waals surface area contributed by atoms with Crippen molar-refractivity contribution in [2.24, 2.45) is 11.8 Å². The molecule has 2 heteroatoms. The number of ether oxygens (including phenoxy) is 1. The highest BCUT2D eigenvalue weighted by atomic mass is 16.5. The van der Waals surface area contributed by atoms with Crippen LogP contribution in [-0.4, -0.2) is 12.1 Å². The Kier molecular flexibility index (Phi) is 12.8. The minimum Gasteiger partial charge on any atom is -0.463 e. The highest BCUT2D eigenvalue weighted by molar-refractivity contribution is 5.66. The molecular formula is C19H38O2. The molecule has 0 aliphatic rings. The van der Waals surface area contributed by atoms with Crippen molar-refractivity contribution in [2.45, 2.75) is 105 Å². The monoisotopic (exact) mass is 298 g/mol. The molecule has 0 aromatic heterocycles. The zero-order chi connectivity index (χ0) is 16.1. The summed E-state index contributed by atoms with van der Waals surface area (Å²) in [6, 6.07) is 0. The highest BCUT2D eigenvalue weighted by Gasteiger charge is 2.15. The number of hydrogen-bond donors (Lipinski definition) is 0. The fourth-order valence-corrected chi connectivity index (χ4v) is 2.82. The second-order valence-corrected chi connectivity index (χ2v) is 6.88. The van der Waals surface area contributed by atoms with Gasteiger partial charge >= 0.3 is 5.97 Å². The Hall–Kier alpha value is -0.530. The van der Waals surface area contributed by atoms with Crippen LogP contribution in [0.2, 0.25) is 0 Å². The Balaban J connectivity index is 3.51. The van der Waals surface area contributed by atoms with Crippen molar-refractivity contribution >= 4 is 5.97 Å². The number of hydrogen-bond acceptors (Lipinski definition) is 2. The van der Waals surface area contributed by atoms with Gasteiger partial charge in [-0.1, -0.05) is 78.6 Å². The van der Waals surface area contributed by atoms with Crippen LogP contribution in [0.3, 0.4) is 0 Å². The summed E-state index contributed by atoms with van der Waals surface area (Å²) in [7, 11) is 0. The van der Waals surface area contributed by atoms with Crippen molar-refractivity contribution in [3.63, 3.8) is 0 Å². The standard InChI is InChI=1S/C19H38O2/c1-6-7-8-9-10-11-13-16(2)14-12-15-17(3)18(4)21-19(5)20/h16-18H,6-15H2,1-5H3/t16-,17?,18?/m0/s1. The second-order valence-electron chi connectivity index (χ2n) is 6.88. The average molecular weight is 299 g/mol. The molecule has 0 fully saturated rings. The van der Waals surface area contributed by atoms with Crippen molar-refractivity contribution < 1.29 is 9.53 Å². The summed E-state index contributed by atoms with van der Waals surface area (Å²) in [4.78, 5) is 10.9. The number of carbonyl (C=O) groups is 1. The fraction of sp³-hybridized carbons (Fsp3) is 0.947. The number of rotatable bonds is 13. The van der Waals surface area contributed by atoms with Crippen LogP contribution in [0.5, 0.6) is 0 Å². The van der Waals surface area contributed by atoms with E-state index in [2.05, 4.69) is 20.8 Å². The summed E-state index contributed by atoms with van der Waals surface area (Å²) in [5, 5.41) is 0. The largest absolute Gasteiger partial charge is 0.463 e. The lowest BCUT2D eigenvalue weighted by Crippen LogP contribution is -2.20. The van der Waals surface area contributed by atoms with Gasteiger partial charge in [-0.3, -0.25) is 4.79 Å². The molecule has 0 aliphatic heterocycles. The highest BCUT2D eigenvalue weighted by Crippen LogP contribution is 2.21. The molecule has 0 bridgehead atoms.